The van der Waals surface area contributed by atoms with Gasteiger partial charge in [-0.1, -0.05) is 38.5 Å². The van der Waals surface area contributed by atoms with Crippen molar-refractivity contribution in [1.82, 2.24) is 0 Å². The summed E-state index contributed by atoms with van der Waals surface area (Å²) in [6.07, 6.45) is -1.78. The molecule has 0 amide bonds. The molecule has 0 nitrogen and oxygen atoms in total. The molecule has 1 unspecified atom stereocenters. The number of aryl methyl sites for hydroxylation is 1. The SMILES string of the molecule is CCCC(CC)c1cccc(C)c1C(F)(F)F. The van der Waals surface area contributed by atoms with Crippen molar-refractivity contribution >= 4 is 0 Å². The van der Waals surface area contributed by atoms with E-state index in [1.165, 1.54) is 13.0 Å². The third kappa shape index (κ3) is 3.24. The second-order valence-corrected chi connectivity index (χ2v) is 4.43. The Morgan fingerprint density at radius 1 is 1.18 bits per heavy atom. The van der Waals surface area contributed by atoms with Crippen LogP contribution in [0.5, 0.6) is 0 Å². The molecule has 1 rings (SSSR count). The molecule has 1 aromatic rings. The molecule has 0 saturated heterocycles. The molecule has 0 aliphatic carbocycles. The molecule has 0 fully saturated rings. The van der Waals surface area contributed by atoms with Crippen LogP contribution in [0.4, 0.5) is 13.2 Å². The van der Waals surface area contributed by atoms with Crippen molar-refractivity contribution in [3.63, 3.8) is 0 Å². The zero-order valence-corrected chi connectivity index (χ0v) is 10.6. The van der Waals surface area contributed by atoms with E-state index in [1.54, 1.807) is 12.1 Å². The first kappa shape index (κ1) is 14.1. The van der Waals surface area contributed by atoms with Crippen LogP contribution in [0.15, 0.2) is 18.2 Å². The average molecular weight is 244 g/mol. The molecule has 17 heavy (non-hydrogen) atoms. The van der Waals surface area contributed by atoms with Gasteiger partial charge in [-0.2, -0.15) is 13.2 Å². The molecule has 0 aromatic heterocycles. The van der Waals surface area contributed by atoms with Gasteiger partial charge in [0.2, 0.25) is 0 Å². The highest BCUT2D eigenvalue weighted by molar-refractivity contribution is 5.39. The van der Waals surface area contributed by atoms with Gasteiger partial charge in [-0.3, -0.25) is 0 Å². The highest BCUT2D eigenvalue weighted by Gasteiger charge is 2.36. The maximum atomic E-state index is 13.0. The number of alkyl halides is 3. The first-order valence-electron chi connectivity index (χ1n) is 6.08. The van der Waals surface area contributed by atoms with Gasteiger partial charge in [0.1, 0.15) is 0 Å². The van der Waals surface area contributed by atoms with Gasteiger partial charge in [0.15, 0.2) is 0 Å². The lowest BCUT2D eigenvalue weighted by Gasteiger charge is -2.21. The predicted octanol–water partition coefficient (Wildman–Crippen LogP) is 5.31. The van der Waals surface area contributed by atoms with Crippen molar-refractivity contribution in [2.75, 3.05) is 0 Å². The van der Waals surface area contributed by atoms with Crippen molar-refractivity contribution in [2.24, 2.45) is 0 Å². The van der Waals surface area contributed by atoms with E-state index < -0.39 is 11.7 Å². The van der Waals surface area contributed by atoms with Gasteiger partial charge >= 0.3 is 6.18 Å². The van der Waals surface area contributed by atoms with E-state index in [9.17, 15) is 13.2 Å². The first-order chi connectivity index (χ1) is 7.91. The molecule has 0 N–H and O–H groups in total. The van der Waals surface area contributed by atoms with Crippen LogP contribution in [0.1, 0.15) is 55.7 Å². The van der Waals surface area contributed by atoms with Crippen LogP contribution in [-0.2, 0) is 6.18 Å². The van der Waals surface area contributed by atoms with E-state index in [4.69, 9.17) is 0 Å². The van der Waals surface area contributed by atoms with Crippen molar-refractivity contribution < 1.29 is 13.2 Å². The first-order valence-corrected chi connectivity index (χ1v) is 6.08. The third-order valence-corrected chi connectivity index (χ3v) is 3.16. The molecule has 0 saturated carbocycles. The summed E-state index contributed by atoms with van der Waals surface area (Å²) >= 11 is 0. The largest absolute Gasteiger partial charge is 0.416 e. The summed E-state index contributed by atoms with van der Waals surface area (Å²) in [7, 11) is 0. The second-order valence-electron chi connectivity index (χ2n) is 4.43. The number of hydrogen-bond acceptors (Lipinski definition) is 0. The molecule has 0 aliphatic rings. The van der Waals surface area contributed by atoms with Gasteiger partial charge in [-0.15, -0.1) is 0 Å². The molecule has 0 aliphatic heterocycles. The molecule has 1 aromatic carbocycles. The number of rotatable bonds is 4. The fourth-order valence-electron chi connectivity index (χ4n) is 2.35. The molecule has 0 bridgehead atoms. The highest BCUT2D eigenvalue weighted by Crippen LogP contribution is 2.39. The van der Waals surface area contributed by atoms with E-state index in [2.05, 4.69) is 0 Å². The van der Waals surface area contributed by atoms with Gasteiger partial charge in [0.05, 0.1) is 5.56 Å². The molecule has 0 spiro atoms. The van der Waals surface area contributed by atoms with E-state index >= 15 is 0 Å². The number of halogens is 3. The Bertz CT molecular complexity index is 366. The molecule has 0 heterocycles. The van der Waals surface area contributed by atoms with Gasteiger partial charge in [-0.25, -0.2) is 0 Å². The van der Waals surface area contributed by atoms with Crippen LogP contribution < -0.4 is 0 Å². The fourth-order valence-corrected chi connectivity index (χ4v) is 2.35. The monoisotopic (exact) mass is 244 g/mol. The molecule has 3 heteroatoms. The van der Waals surface area contributed by atoms with Crippen LogP contribution >= 0.6 is 0 Å². The van der Waals surface area contributed by atoms with Crippen molar-refractivity contribution in [1.29, 1.82) is 0 Å². The Morgan fingerprint density at radius 3 is 2.29 bits per heavy atom. The Labute approximate surface area is 101 Å². The maximum Gasteiger partial charge on any atom is 0.416 e. The zero-order valence-electron chi connectivity index (χ0n) is 10.6. The average Bonchev–Trinajstić information content (AvgIpc) is 2.23. The lowest BCUT2D eigenvalue weighted by Crippen LogP contribution is -2.14. The number of benzene rings is 1. The minimum Gasteiger partial charge on any atom is -0.166 e. The Kier molecular flexibility index (Phi) is 4.61. The Hall–Kier alpha value is -0.990. The summed E-state index contributed by atoms with van der Waals surface area (Å²) in [5.41, 5.74) is 0.353. The quantitative estimate of drug-likeness (QED) is 0.673. The summed E-state index contributed by atoms with van der Waals surface area (Å²) in [6.45, 7) is 5.49. The van der Waals surface area contributed by atoms with E-state index in [-0.39, 0.29) is 5.92 Å². The van der Waals surface area contributed by atoms with E-state index in [1.807, 2.05) is 13.8 Å². The van der Waals surface area contributed by atoms with Gasteiger partial charge < -0.3 is 0 Å². The normalized spacial score (nSPS) is 13.8. The van der Waals surface area contributed by atoms with Crippen molar-refractivity contribution in [3.05, 3.63) is 34.9 Å². The number of hydrogen-bond donors (Lipinski definition) is 0. The van der Waals surface area contributed by atoms with Crippen molar-refractivity contribution in [2.45, 2.75) is 52.1 Å². The third-order valence-electron chi connectivity index (χ3n) is 3.16. The van der Waals surface area contributed by atoms with Gasteiger partial charge in [0, 0.05) is 0 Å². The summed E-state index contributed by atoms with van der Waals surface area (Å²) in [4.78, 5) is 0. The summed E-state index contributed by atoms with van der Waals surface area (Å²) in [5, 5.41) is 0. The molecular weight excluding hydrogens is 225 g/mol. The molecule has 1 atom stereocenters. The topological polar surface area (TPSA) is 0 Å². The lowest BCUT2D eigenvalue weighted by molar-refractivity contribution is -0.138. The van der Waals surface area contributed by atoms with Crippen LogP contribution in [0, 0.1) is 6.92 Å². The Balaban J connectivity index is 3.27. The summed E-state index contributed by atoms with van der Waals surface area (Å²) < 4.78 is 39.1. The van der Waals surface area contributed by atoms with E-state index in [0.29, 0.717) is 11.1 Å². The fraction of sp³-hybridized carbons (Fsp3) is 0.571. The van der Waals surface area contributed by atoms with Crippen LogP contribution in [-0.4, -0.2) is 0 Å². The van der Waals surface area contributed by atoms with Crippen LogP contribution in [0.25, 0.3) is 0 Å². The molecule has 0 radical (unpaired) electrons. The maximum absolute atomic E-state index is 13.0. The summed E-state index contributed by atoms with van der Waals surface area (Å²) in [6, 6.07) is 4.88. The Morgan fingerprint density at radius 2 is 1.82 bits per heavy atom. The van der Waals surface area contributed by atoms with Crippen LogP contribution in [0.2, 0.25) is 0 Å². The minimum absolute atomic E-state index is 0.0107. The second kappa shape index (κ2) is 5.56. The lowest BCUT2D eigenvalue weighted by atomic mass is 9.86. The summed E-state index contributed by atoms with van der Waals surface area (Å²) in [5.74, 6) is 0.0107. The minimum atomic E-state index is -4.25. The van der Waals surface area contributed by atoms with Crippen molar-refractivity contribution in [3.8, 4) is 0 Å². The smallest absolute Gasteiger partial charge is 0.166 e. The zero-order chi connectivity index (χ0) is 13.1. The van der Waals surface area contributed by atoms with Gasteiger partial charge in [0.25, 0.3) is 0 Å². The predicted molar refractivity (Wildman–Crippen MR) is 64.1 cm³/mol. The molecular formula is C14H19F3. The van der Waals surface area contributed by atoms with E-state index in [0.717, 1.165) is 19.3 Å². The van der Waals surface area contributed by atoms with Crippen LogP contribution in [0.3, 0.4) is 0 Å². The molecule has 96 valence electrons. The highest BCUT2D eigenvalue weighted by atomic mass is 19.4. The van der Waals surface area contributed by atoms with Gasteiger partial charge in [-0.05, 0) is 36.8 Å². The standard InChI is InChI=1S/C14H19F3/c1-4-7-11(5-2)12-9-6-8-10(3)13(12)14(15,16)17/h6,8-9,11H,4-5,7H2,1-3H3.